The van der Waals surface area contributed by atoms with Crippen molar-refractivity contribution in [1.82, 2.24) is 0 Å². The number of carbonyl (C=O) groups is 1. The van der Waals surface area contributed by atoms with Gasteiger partial charge in [0.15, 0.2) is 5.75 Å². The van der Waals surface area contributed by atoms with Crippen LogP contribution in [-0.2, 0) is 10.1 Å². The highest BCUT2D eigenvalue weighted by atomic mass is 35.5. The second kappa shape index (κ2) is 11.0. The smallest absolute Gasteiger partial charge is 0.294 e. The Morgan fingerprint density at radius 2 is 1.76 bits per heavy atom. The van der Waals surface area contributed by atoms with Crippen molar-refractivity contribution < 1.29 is 27.6 Å². The number of hydrogen-bond donors (Lipinski definition) is 3. The number of ether oxygens (including phenoxy) is 1. The van der Waals surface area contributed by atoms with Gasteiger partial charge >= 0.3 is 0 Å². The molecule has 0 heterocycles. The van der Waals surface area contributed by atoms with E-state index in [-0.39, 0.29) is 43.1 Å². The molecule has 3 N–H and O–H groups in total. The zero-order valence-corrected chi connectivity index (χ0v) is 22.4. The van der Waals surface area contributed by atoms with Gasteiger partial charge in [0.1, 0.15) is 22.8 Å². The van der Waals surface area contributed by atoms with Crippen LogP contribution in [0.2, 0.25) is 10.0 Å². The van der Waals surface area contributed by atoms with E-state index in [1.54, 1.807) is 49.4 Å². The standard InChI is InChI=1S/C26H21Cl2N3O6S/c1-3-37-21-10-6-9-18(27)24(21)29-26(33)17-12-15-7-4-5-8-16(15)23(25(17)32)31-30-20-11-14(2)22(13-19(20)28)38(34,35)36/h4-13,32H,3H2,1-2H3,(H,29,33)(H,34,35,36). The quantitative estimate of drug-likeness (QED) is 0.155. The summed E-state index contributed by atoms with van der Waals surface area (Å²) in [6.45, 7) is 3.60. The first-order valence-electron chi connectivity index (χ1n) is 11.2. The van der Waals surface area contributed by atoms with Gasteiger partial charge in [-0.2, -0.15) is 8.42 Å². The molecule has 0 unspecified atom stereocenters. The largest absolute Gasteiger partial charge is 0.505 e. The fourth-order valence-electron chi connectivity index (χ4n) is 3.78. The Morgan fingerprint density at radius 1 is 1.03 bits per heavy atom. The van der Waals surface area contributed by atoms with Crippen LogP contribution in [-0.4, -0.2) is 30.6 Å². The molecule has 0 bridgehead atoms. The maximum absolute atomic E-state index is 13.3. The number of nitrogens with one attached hydrogen (secondary N) is 1. The summed E-state index contributed by atoms with van der Waals surface area (Å²) in [5, 5.41) is 23.3. The zero-order valence-electron chi connectivity index (χ0n) is 20.1. The van der Waals surface area contributed by atoms with Crippen molar-refractivity contribution in [3.05, 3.63) is 81.8 Å². The first kappa shape index (κ1) is 27.3. The maximum atomic E-state index is 13.3. The number of rotatable bonds is 7. The highest BCUT2D eigenvalue weighted by Gasteiger charge is 2.21. The van der Waals surface area contributed by atoms with Crippen LogP contribution >= 0.6 is 23.2 Å². The average molecular weight is 574 g/mol. The maximum Gasteiger partial charge on any atom is 0.294 e. The molecule has 9 nitrogen and oxygen atoms in total. The Kier molecular flexibility index (Phi) is 7.89. The van der Waals surface area contributed by atoms with Crippen molar-refractivity contribution in [3.8, 4) is 11.5 Å². The van der Waals surface area contributed by atoms with E-state index in [1.165, 1.54) is 19.1 Å². The summed E-state index contributed by atoms with van der Waals surface area (Å²) < 4.78 is 38.0. The lowest BCUT2D eigenvalue weighted by atomic mass is 10.0. The number of azo groups is 1. The number of aromatic hydroxyl groups is 1. The average Bonchev–Trinajstić information content (AvgIpc) is 2.86. The van der Waals surface area contributed by atoms with Gasteiger partial charge in [-0.3, -0.25) is 9.35 Å². The lowest BCUT2D eigenvalue weighted by Gasteiger charge is -2.15. The van der Waals surface area contributed by atoms with Gasteiger partial charge in [0.25, 0.3) is 16.0 Å². The van der Waals surface area contributed by atoms with Crippen molar-refractivity contribution in [2.24, 2.45) is 10.2 Å². The van der Waals surface area contributed by atoms with Crippen LogP contribution in [0.15, 0.2) is 75.8 Å². The fraction of sp³-hybridized carbons (Fsp3) is 0.115. The van der Waals surface area contributed by atoms with Gasteiger partial charge in [0, 0.05) is 5.39 Å². The summed E-state index contributed by atoms with van der Waals surface area (Å²) in [6.07, 6.45) is 0. The van der Waals surface area contributed by atoms with E-state index < -0.39 is 21.8 Å². The number of fused-ring (bicyclic) bond motifs is 1. The third kappa shape index (κ3) is 5.58. The monoisotopic (exact) mass is 573 g/mol. The molecule has 0 radical (unpaired) electrons. The Bertz CT molecular complexity index is 1710. The number of benzene rings is 4. The Labute approximate surface area is 228 Å². The van der Waals surface area contributed by atoms with Crippen LogP contribution in [0, 0.1) is 6.92 Å². The third-order valence-electron chi connectivity index (χ3n) is 5.53. The minimum atomic E-state index is -4.49. The van der Waals surface area contributed by atoms with Gasteiger partial charge in [-0.15, -0.1) is 10.2 Å². The van der Waals surface area contributed by atoms with E-state index >= 15 is 0 Å². The van der Waals surface area contributed by atoms with Gasteiger partial charge in [-0.25, -0.2) is 0 Å². The summed E-state index contributed by atoms with van der Waals surface area (Å²) >= 11 is 12.5. The van der Waals surface area contributed by atoms with E-state index in [1.807, 2.05) is 0 Å². The molecule has 4 rings (SSSR count). The summed E-state index contributed by atoms with van der Waals surface area (Å²) in [7, 11) is -4.49. The van der Waals surface area contributed by atoms with Crippen molar-refractivity contribution in [1.29, 1.82) is 0 Å². The number of hydrogen-bond acceptors (Lipinski definition) is 7. The molecule has 4 aromatic rings. The molecule has 1 amide bonds. The number of para-hydroxylation sites is 1. The summed E-state index contributed by atoms with van der Waals surface area (Å²) in [5.41, 5.74) is 0.428. The van der Waals surface area contributed by atoms with Gasteiger partial charge in [-0.1, -0.05) is 53.5 Å². The van der Waals surface area contributed by atoms with E-state index in [0.717, 1.165) is 6.07 Å². The van der Waals surface area contributed by atoms with Gasteiger partial charge in [0.05, 0.1) is 27.1 Å². The zero-order chi connectivity index (χ0) is 27.6. The molecule has 0 saturated heterocycles. The normalized spacial score (nSPS) is 11.7. The van der Waals surface area contributed by atoms with E-state index in [0.29, 0.717) is 23.1 Å². The molecule has 196 valence electrons. The summed E-state index contributed by atoms with van der Waals surface area (Å²) in [6, 6.07) is 15.8. The molecule has 0 saturated carbocycles. The molecule has 0 atom stereocenters. The van der Waals surface area contributed by atoms with Crippen molar-refractivity contribution >= 4 is 67.1 Å². The predicted molar refractivity (Wildman–Crippen MR) is 146 cm³/mol. The fourth-order valence-corrected chi connectivity index (χ4v) is 4.99. The second-order valence-corrected chi connectivity index (χ2v) is 10.3. The highest BCUT2D eigenvalue weighted by Crippen LogP contribution is 2.41. The Hall–Kier alpha value is -3.70. The third-order valence-corrected chi connectivity index (χ3v) is 7.15. The van der Waals surface area contributed by atoms with E-state index in [4.69, 9.17) is 27.9 Å². The van der Waals surface area contributed by atoms with Crippen LogP contribution in [0.3, 0.4) is 0 Å². The molecule has 0 aliphatic heterocycles. The Morgan fingerprint density at radius 3 is 2.47 bits per heavy atom. The molecule has 38 heavy (non-hydrogen) atoms. The number of anilines is 1. The minimum Gasteiger partial charge on any atom is -0.505 e. The molecule has 0 aromatic heterocycles. The van der Waals surface area contributed by atoms with Gasteiger partial charge in [0.2, 0.25) is 0 Å². The second-order valence-electron chi connectivity index (χ2n) is 8.09. The predicted octanol–water partition coefficient (Wildman–Crippen LogP) is 7.47. The lowest BCUT2D eigenvalue weighted by Crippen LogP contribution is -2.14. The van der Waals surface area contributed by atoms with Crippen LogP contribution in [0.1, 0.15) is 22.8 Å². The van der Waals surface area contributed by atoms with Crippen LogP contribution < -0.4 is 10.1 Å². The summed E-state index contributed by atoms with van der Waals surface area (Å²) in [5.74, 6) is -0.741. The van der Waals surface area contributed by atoms with E-state index in [2.05, 4.69) is 15.5 Å². The van der Waals surface area contributed by atoms with Gasteiger partial charge in [-0.05, 0) is 55.1 Å². The van der Waals surface area contributed by atoms with Crippen molar-refractivity contribution in [3.63, 3.8) is 0 Å². The molecule has 12 heteroatoms. The molecule has 0 spiro atoms. The number of carbonyl (C=O) groups excluding carboxylic acids is 1. The van der Waals surface area contributed by atoms with Crippen molar-refractivity contribution in [2.45, 2.75) is 18.7 Å². The minimum absolute atomic E-state index is 0.00924. The topological polar surface area (TPSA) is 138 Å². The Balaban J connectivity index is 1.80. The molecule has 4 aromatic carbocycles. The van der Waals surface area contributed by atoms with Crippen LogP contribution in [0.5, 0.6) is 11.5 Å². The molecular weight excluding hydrogens is 553 g/mol. The summed E-state index contributed by atoms with van der Waals surface area (Å²) in [4.78, 5) is 12.9. The van der Waals surface area contributed by atoms with Crippen molar-refractivity contribution in [2.75, 3.05) is 11.9 Å². The van der Waals surface area contributed by atoms with Crippen LogP contribution in [0.4, 0.5) is 17.1 Å². The van der Waals surface area contributed by atoms with Gasteiger partial charge < -0.3 is 15.2 Å². The van der Waals surface area contributed by atoms with Crippen LogP contribution in [0.25, 0.3) is 10.8 Å². The number of phenolic OH excluding ortho intramolecular Hbond substituents is 1. The lowest BCUT2D eigenvalue weighted by molar-refractivity contribution is 0.102. The molecular formula is C26H21Cl2N3O6S. The number of phenols is 1. The molecule has 0 fully saturated rings. The number of halogens is 2. The first-order valence-corrected chi connectivity index (χ1v) is 13.4. The number of nitrogens with zero attached hydrogens (tertiary/aromatic N) is 2. The number of amides is 1. The molecule has 0 aliphatic carbocycles. The highest BCUT2D eigenvalue weighted by molar-refractivity contribution is 7.85. The first-order chi connectivity index (χ1) is 18.0. The number of aryl methyl sites for hydroxylation is 1. The molecule has 0 aliphatic rings. The SMILES string of the molecule is CCOc1cccc(Cl)c1NC(=O)c1cc2ccccc2c(N=Nc2cc(C)c(S(=O)(=O)O)cc2Cl)c1O. The van der Waals surface area contributed by atoms with E-state index in [9.17, 15) is 22.9 Å².